The number of halogens is 1. The van der Waals surface area contributed by atoms with E-state index in [-0.39, 0.29) is 17.0 Å². The highest BCUT2D eigenvalue weighted by Gasteiger charge is 2.33. The number of carbonyl (C=O) groups is 2. The summed E-state index contributed by atoms with van der Waals surface area (Å²) in [5.41, 5.74) is 0.373. The van der Waals surface area contributed by atoms with E-state index in [1.165, 1.54) is 25.1 Å². The minimum Gasteiger partial charge on any atom is -0.484 e. The molecule has 0 fully saturated rings. The number of hydrogen-bond donors (Lipinski definition) is 0. The Balaban J connectivity index is 1.70. The zero-order valence-corrected chi connectivity index (χ0v) is 14.7. The molecule has 27 heavy (non-hydrogen) atoms. The molecule has 1 aromatic carbocycles. The summed E-state index contributed by atoms with van der Waals surface area (Å²) in [6.07, 6.45) is 1.29. The van der Waals surface area contributed by atoms with Gasteiger partial charge in [0.25, 0.3) is 11.8 Å². The minimum absolute atomic E-state index is 0.0964. The Bertz CT molecular complexity index is 977. The second kappa shape index (κ2) is 7.42. The highest BCUT2D eigenvalue weighted by molar-refractivity contribution is 6.30. The van der Waals surface area contributed by atoms with E-state index in [1.807, 2.05) is 0 Å². The van der Waals surface area contributed by atoms with Crippen molar-refractivity contribution in [3.05, 3.63) is 62.9 Å². The minimum atomic E-state index is -0.691. The molecule has 0 unspecified atom stereocenters. The first-order valence-corrected chi connectivity index (χ1v) is 8.00. The van der Waals surface area contributed by atoms with Crippen LogP contribution in [0.4, 0.5) is 5.88 Å². The third kappa shape index (κ3) is 4.04. The maximum atomic E-state index is 12.4. The number of ether oxygens (including phenoxy) is 1. The molecular weight excluding hydrogens is 378 g/mol. The third-order valence-electron chi connectivity index (χ3n) is 3.55. The Morgan fingerprint density at radius 1 is 1.33 bits per heavy atom. The van der Waals surface area contributed by atoms with E-state index in [0.717, 1.165) is 0 Å². The monoisotopic (exact) mass is 389 g/mol. The number of hydrogen-bond acceptors (Lipinski definition) is 7. The first kappa shape index (κ1) is 18.3. The standard InChI is InChI=1S/C17H12ClN3O6/c1-10-14(8-13-6-7-16(27-13)21(24)25)17(23)20(19-10)15(22)9-26-12-4-2-11(18)3-5-12/h2-8H,9H2,1H3/b14-8-. The highest BCUT2D eigenvalue weighted by atomic mass is 35.5. The van der Waals surface area contributed by atoms with Gasteiger partial charge in [0.15, 0.2) is 6.61 Å². The van der Waals surface area contributed by atoms with Gasteiger partial charge in [-0.2, -0.15) is 10.1 Å². The Morgan fingerprint density at radius 2 is 2.04 bits per heavy atom. The van der Waals surface area contributed by atoms with Gasteiger partial charge in [0.05, 0.1) is 17.4 Å². The van der Waals surface area contributed by atoms with Crippen molar-refractivity contribution in [1.29, 1.82) is 0 Å². The number of carbonyl (C=O) groups excluding carboxylic acids is 2. The molecule has 0 spiro atoms. The fourth-order valence-electron chi connectivity index (χ4n) is 2.25. The fourth-order valence-corrected chi connectivity index (χ4v) is 2.38. The second-order valence-corrected chi connectivity index (χ2v) is 5.87. The molecule has 0 saturated carbocycles. The van der Waals surface area contributed by atoms with Gasteiger partial charge in [0.1, 0.15) is 16.4 Å². The molecule has 2 aromatic rings. The van der Waals surface area contributed by atoms with Crippen LogP contribution in [0.15, 0.2) is 51.5 Å². The number of imide groups is 1. The lowest BCUT2D eigenvalue weighted by Crippen LogP contribution is -2.33. The number of amides is 2. The van der Waals surface area contributed by atoms with Crippen LogP contribution >= 0.6 is 11.6 Å². The predicted octanol–water partition coefficient (Wildman–Crippen LogP) is 3.05. The molecule has 0 atom stereocenters. The van der Waals surface area contributed by atoms with Crippen molar-refractivity contribution < 1.29 is 23.7 Å². The molecule has 1 aliphatic heterocycles. The first-order chi connectivity index (χ1) is 12.8. The van der Waals surface area contributed by atoms with E-state index in [9.17, 15) is 19.7 Å². The molecule has 10 heteroatoms. The van der Waals surface area contributed by atoms with Crippen LogP contribution in [0, 0.1) is 10.1 Å². The van der Waals surface area contributed by atoms with Crippen LogP contribution < -0.4 is 4.74 Å². The maximum Gasteiger partial charge on any atom is 0.433 e. The van der Waals surface area contributed by atoms with E-state index < -0.39 is 29.2 Å². The van der Waals surface area contributed by atoms with Crippen molar-refractivity contribution in [2.45, 2.75) is 6.92 Å². The van der Waals surface area contributed by atoms with Gasteiger partial charge in [-0.05, 0) is 43.3 Å². The SMILES string of the molecule is CC1=NN(C(=O)COc2ccc(Cl)cc2)C(=O)/C1=C\c1ccc([N+](=O)[O-])o1. The second-order valence-electron chi connectivity index (χ2n) is 5.43. The molecule has 138 valence electrons. The van der Waals surface area contributed by atoms with Gasteiger partial charge < -0.3 is 9.15 Å². The van der Waals surface area contributed by atoms with Crippen LogP contribution in [0.3, 0.4) is 0 Å². The molecule has 0 bridgehead atoms. The molecule has 0 N–H and O–H groups in total. The summed E-state index contributed by atoms with van der Waals surface area (Å²) in [5.74, 6) is -1.27. The summed E-state index contributed by atoms with van der Waals surface area (Å²) in [5, 5.41) is 15.8. The quantitative estimate of drug-likeness (QED) is 0.441. The normalized spacial score (nSPS) is 15.2. The van der Waals surface area contributed by atoms with Crippen molar-refractivity contribution in [3.8, 4) is 5.75 Å². The van der Waals surface area contributed by atoms with E-state index in [2.05, 4.69) is 5.10 Å². The van der Waals surface area contributed by atoms with Crippen LogP contribution in [0.5, 0.6) is 5.75 Å². The molecular formula is C17H12ClN3O6. The van der Waals surface area contributed by atoms with Crippen molar-refractivity contribution in [1.82, 2.24) is 5.01 Å². The zero-order chi connectivity index (χ0) is 19.6. The van der Waals surface area contributed by atoms with Gasteiger partial charge in [0, 0.05) is 5.02 Å². The lowest BCUT2D eigenvalue weighted by molar-refractivity contribution is -0.402. The first-order valence-electron chi connectivity index (χ1n) is 7.62. The van der Waals surface area contributed by atoms with Crippen LogP contribution in [0.2, 0.25) is 5.02 Å². The largest absolute Gasteiger partial charge is 0.484 e. The van der Waals surface area contributed by atoms with Gasteiger partial charge in [-0.25, -0.2) is 0 Å². The van der Waals surface area contributed by atoms with Gasteiger partial charge in [-0.1, -0.05) is 11.6 Å². The summed E-state index contributed by atoms with van der Waals surface area (Å²) in [6.45, 7) is 1.14. The van der Waals surface area contributed by atoms with Crippen molar-refractivity contribution in [2.24, 2.45) is 5.10 Å². The molecule has 0 saturated heterocycles. The van der Waals surface area contributed by atoms with E-state index in [4.69, 9.17) is 20.8 Å². The van der Waals surface area contributed by atoms with E-state index >= 15 is 0 Å². The number of benzene rings is 1. The summed E-state index contributed by atoms with van der Waals surface area (Å²) in [6, 6.07) is 8.90. The van der Waals surface area contributed by atoms with E-state index in [1.54, 1.807) is 24.3 Å². The number of rotatable bonds is 5. The highest BCUT2D eigenvalue weighted by Crippen LogP contribution is 2.23. The number of hydrazone groups is 1. The smallest absolute Gasteiger partial charge is 0.433 e. The molecule has 3 rings (SSSR count). The van der Waals surface area contributed by atoms with Crippen molar-refractivity contribution in [2.75, 3.05) is 6.61 Å². The number of nitrogens with zero attached hydrogens (tertiary/aromatic N) is 3. The molecule has 9 nitrogen and oxygen atoms in total. The predicted molar refractivity (Wildman–Crippen MR) is 95.2 cm³/mol. The van der Waals surface area contributed by atoms with Crippen LogP contribution in [0.25, 0.3) is 6.08 Å². The van der Waals surface area contributed by atoms with Crippen molar-refractivity contribution in [3.63, 3.8) is 0 Å². The Morgan fingerprint density at radius 3 is 2.67 bits per heavy atom. The third-order valence-corrected chi connectivity index (χ3v) is 3.81. The van der Waals surface area contributed by atoms with Crippen molar-refractivity contribution >= 4 is 41.1 Å². The molecule has 0 radical (unpaired) electrons. The average molecular weight is 390 g/mol. The number of nitro groups is 1. The van der Waals surface area contributed by atoms with E-state index in [0.29, 0.717) is 15.8 Å². The number of furan rings is 1. The zero-order valence-electron chi connectivity index (χ0n) is 13.9. The fraction of sp³-hybridized carbons (Fsp3) is 0.118. The molecule has 2 heterocycles. The topological polar surface area (TPSA) is 115 Å². The lowest BCUT2D eigenvalue weighted by atomic mass is 10.1. The van der Waals surface area contributed by atoms with Crippen LogP contribution in [-0.4, -0.2) is 34.1 Å². The Labute approximate surface area is 157 Å². The molecule has 0 aliphatic carbocycles. The molecule has 1 aromatic heterocycles. The Kier molecular flexibility index (Phi) is 5.04. The van der Waals surface area contributed by atoms with Gasteiger partial charge in [-0.15, -0.1) is 0 Å². The summed E-state index contributed by atoms with van der Waals surface area (Å²) >= 11 is 5.77. The van der Waals surface area contributed by atoms with Gasteiger partial charge in [-0.3, -0.25) is 19.7 Å². The van der Waals surface area contributed by atoms with Crippen LogP contribution in [0.1, 0.15) is 12.7 Å². The lowest BCUT2D eigenvalue weighted by Gasteiger charge is -2.11. The summed E-state index contributed by atoms with van der Waals surface area (Å²) in [4.78, 5) is 34.6. The molecule has 1 aliphatic rings. The summed E-state index contributed by atoms with van der Waals surface area (Å²) in [7, 11) is 0. The maximum absolute atomic E-state index is 12.4. The van der Waals surface area contributed by atoms with Crippen LogP contribution in [-0.2, 0) is 9.59 Å². The Hall–Kier alpha value is -3.46. The van der Waals surface area contributed by atoms with Gasteiger partial charge in [0.2, 0.25) is 0 Å². The molecule has 2 amide bonds. The van der Waals surface area contributed by atoms with Gasteiger partial charge >= 0.3 is 5.88 Å². The average Bonchev–Trinajstić information content (AvgIpc) is 3.21. The summed E-state index contributed by atoms with van der Waals surface area (Å²) < 4.78 is 10.3.